The van der Waals surface area contributed by atoms with Crippen molar-refractivity contribution in [3.63, 3.8) is 0 Å². The van der Waals surface area contributed by atoms with Crippen molar-refractivity contribution in [1.29, 1.82) is 0 Å². The van der Waals surface area contributed by atoms with E-state index in [-0.39, 0.29) is 6.42 Å². The number of rotatable bonds is 7. The Labute approximate surface area is 155 Å². The largest absolute Gasteiger partial charge is 0.492 e. The second-order valence-corrected chi connectivity index (χ2v) is 6.57. The Balaban J connectivity index is 2.10. The van der Waals surface area contributed by atoms with Crippen LogP contribution >= 0.6 is 11.3 Å². The van der Waals surface area contributed by atoms with Gasteiger partial charge >= 0.3 is 5.97 Å². The third-order valence-electron chi connectivity index (χ3n) is 3.75. The van der Waals surface area contributed by atoms with Gasteiger partial charge in [-0.1, -0.05) is 24.3 Å². The molecular weight excluding hydrogens is 350 g/mol. The summed E-state index contributed by atoms with van der Waals surface area (Å²) in [6, 6.07) is 13.3. The van der Waals surface area contributed by atoms with Gasteiger partial charge in [0.2, 0.25) is 0 Å². The smallest absolute Gasteiger partial charge is 0.307 e. The summed E-state index contributed by atoms with van der Waals surface area (Å²) in [7, 11) is 1.57. The number of nitrogens with zero attached hydrogens (tertiary/aromatic N) is 1. The van der Waals surface area contributed by atoms with Crippen LogP contribution in [0.2, 0.25) is 0 Å². The van der Waals surface area contributed by atoms with E-state index in [1.165, 1.54) is 11.3 Å². The van der Waals surface area contributed by atoms with Crippen molar-refractivity contribution in [2.75, 3.05) is 13.7 Å². The SMILES string of the molecule is CCOc1cccc(C=C(CC(=O)O)c2nc3ccccc3s2)c1OC. The molecule has 3 rings (SSSR count). The summed E-state index contributed by atoms with van der Waals surface area (Å²) in [6.07, 6.45) is 1.69. The van der Waals surface area contributed by atoms with Crippen molar-refractivity contribution in [1.82, 2.24) is 4.98 Å². The number of carbonyl (C=O) groups is 1. The fourth-order valence-corrected chi connectivity index (χ4v) is 3.66. The molecule has 0 bridgehead atoms. The van der Waals surface area contributed by atoms with Gasteiger partial charge in [0.05, 0.1) is 30.4 Å². The lowest BCUT2D eigenvalue weighted by Gasteiger charge is -2.12. The number of hydrogen-bond donors (Lipinski definition) is 1. The van der Waals surface area contributed by atoms with Crippen LogP contribution in [-0.4, -0.2) is 29.8 Å². The van der Waals surface area contributed by atoms with Crippen LogP contribution in [0.25, 0.3) is 21.9 Å². The lowest BCUT2D eigenvalue weighted by Crippen LogP contribution is -1.99. The third-order valence-corrected chi connectivity index (χ3v) is 4.87. The van der Waals surface area contributed by atoms with Gasteiger partial charge in [0.15, 0.2) is 11.5 Å². The number of ether oxygens (including phenoxy) is 2. The molecule has 1 heterocycles. The highest BCUT2D eigenvalue weighted by molar-refractivity contribution is 7.19. The van der Waals surface area contributed by atoms with Gasteiger partial charge in [0.1, 0.15) is 5.01 Å². The van der Waals surface area contributed by atoms with Crippen molar-refractivity contribution < 1.29 is 19.4 Å². The Bertz CT molecular complexity index is 928. The molecule has 0 radical (unpaired) electrons. The van der Waals surface area contributed by atoms with E-state index >= 15 is 0 Å². The molecule has 3 aromatic rings. The normalized spacial score (nSPS) is 11.5. The maximum Gasteiger partial charge on any atom is 0.307 e. The van der Waals surface area contributed by atoms with Crippen molar-refractivity contribution in [3.8, 4) is 11.5 Å². The summed E-state index contributed by atoms with van der Waals surface area (Å²) in [5.74, 6) is 0.302. The molecule has 1 aromatic heterocycles. The Morgan fingerprint density at radius 1 is 1.23 bits per heavy atom. The topological polar surface area (TPSA) is 68.7 Å². The van der Waals surface area contributed by atoms with E-state index in [1.54, 1.807) is 7.11 Å². The molecule has 0 unspecified atom stereocenters. The van der Waals surface area contributed by atoms with E-state index in [9.17, 15) is 9.90 Å². The first-order valence-corrected chi connectivity index (χ1v) is 9.02. The molecule has 134 valence electrons. The van der Waals surface area contributed by atoms with Crippen LogP contribution in [0.1, 0.15) is 23.9 Å². The average molecular weight is 369 g/mol. The van der Waals surface area contributed by atoms with E-state index in [0.717, 1.165) is 15.8 Å². The van der Waals surface area contributed by atoms with Gasteiger partial charge in [-0.05, 0) is 36.8 Å². The van der Waals surface area contributed by atoms with Gasteiger partial charge in [-0.3, -0.25) is 4.79 Å². The number of methoxy groups -OCH3 is 1. The van der Waals surface area contributed by atoms with Crippen LogP contribution in [0.5, 0.6) is 11.5 Å². The molecule has 26 heavy (non-hydrogen) atoms. The van der Waals surface area contributed by atoms with Crippen LogP contribution in [0.15, 0.2) is 42.5 Å². The predicted octanol–water partition coefficient (Wildman–Crippen LogP) is 4.72. The highest BCUT2D eigenvalue weighted by Gasteiger charge is 2.15. The minimum atomic E-state index is -0.907. The molecule has 2 aromatic carbocycles. The van der Waals surface area contributed by atoms with Crippen LogP contribution in [0, 0.1) is 0 Å². The Morgan fingerprint density at radius 2 is 2.04 bits per heavy atom. The molecule has 0 aliphatic heterocycles. The number of aliphatic carboxylic acids is 1. The van der Waals surface area contributed by atoms with E-state index in [4.69, 9.17) is 9.47 Å². The minimum Gasteiger partial charge on any atom is -0.492 e. The zero-order valence-corrected chi connectivity index (χ0v) is 15.4. The maximum atomic E-state index is 11.4. The number of carboxylic acid groups (broad SMARTS) is 1. The average Bonchev–Trinajstić information content (AvgIpc) is 3.05. The fraction of sp³-hybridized carbons (Fsp3) is 0.200. The molecule has 0 aliphatic rings. The standard InChI is InChI=1S/C20H19NO4S/c1-3-25-16-9-6-7-13(19(16)24-2)11-14(12-18(22)23)20-21-15-8-4-5-10-17(15)26-20/h4-11H,3,12H2,1-2H3,(H,22,23). The number of carboxylic acids is 1. The van der Waals surface area contributed by atoms with Crippen LogP contribution in [-0.2, 0) is 4.79 Å². The number of hydrogen-bond acceptors (Lipinski definition) is 5. The summed E-state index contributed by atoms with van der Waals surface area (Å²) in [5.41, 5.74) is 2.25. The third kappa shape index (κ3) is 3.86. The highest BCUT2D eigenvalue weighted by Crippen LogP contribution is 2.36. The Kier molecular flexibility index (Phi) is 5.53. The molecule has 5 nitrogen and oxygen atoms in total. The number of para-hydroxylation sites is 2. The zero-order valence-electron chi connectivity index (χ0n) is 14.6. The Morgan fingerprint density at radius 3 is 2.73 bits per heavy atom. The molecule has 0 atom stereocenters. The number of aromatic nitrogens is 1. The number of benzene rings is 2. The van der Waals surface area contributed by atoms with E-state index in [1.807, 2.05) is 55.5 Å². The van der Waals surface area contributed by atoms with Gasteiger partial charge in [-0.15, -0.1) is 11.3 Å². The second-order valence-electron chi connectivity index (χ2n) is 5.54. The van der Waals surface area contributed by atoms with Crippen molar-refractivity contribution in [3.05, 3.63) is 53.0 Å². The van der Waals surface area contributed by atoms with Crippen LogP contribution in [0.3, 0.4) is 0 Å². The Hall–Kier alpha value is -2.86. The van der Waals surface area contributed by atoms with Gasteiger partial charge in [-0.25, -0.2) is 4.98 Å². The highest BCUT2D eigenvalue weighted by atomic mass is 32.1. The first-order chi connectivity index (χ1) is 12.6. The predicted molar refractivity (Wildman–Crippen MR) is 104 cm³/mol. The first kappa shape index (κ1) is 17.9. The fourth-order valence-electron chi connectivity index (χ4n) is 2.68. The molecule has 6 heteroatoms. The molecular formula is C20H19NO4S. The summed E-state index contributed by atoms with van der Waals surface area (Å²) in [6.45, 7) is 2.42. The summed E-state index contributed by atoms with van der Waals surface area (Å²) in [4.78, 5) is 16.0. The maximum absolute atomic E-state index is 11.4. The lowest BCUT2D eigenvalue weighted by atomic mass is 10.1. The van der Waals surface area contributed by atoms with E-state index in [2.05, 4.69) is 4.98 Å². The molecule has 0 aliphatic carbocycles. The van der Waals surface area contributed by atoms with Crippen molar-refractivity contribution in [2.24, 2.45) is 0 Å². The zero-order chi connectivity index (χ0) is 18.5. The quantitative estimate of drug-likeness (QED) is 0.653. The van der Waals surface area contributed by atoms with Gasteiger partial charge < -0.3 is 14.6 Å². The minimum absolute atomic E-state index is 0.123. The van der Waals surface area contributed by atoms with E-state index < -0.39 is 5.97 Å². The second kappa shape index (κ2) is 8.01. The van der Waals surface area contributed by atoms with E-state index in [0.29, 0.717) is 28.7 Å². The first-order valence-electron chi connectivity index (χ1n) is 8.20. The lowest BCUT2D eigenvalue weighted by molar-refractivity contribution is -0.135. The van der Waals surface area contributed by atoms with Gasteiger partial charge in [0, 0.05) is 5.56 Å². The van der Waals surface area contributed by atoms with Crippen molar-refractivity contribution in [2.45, 2.75) is 13.3 Å². The number of thiazole rings is 1. The van der Waals surface area contributed by atoms with Gasteiger partial charge in [0.25, 0.3) is 0 Å². The van der Waals surface area contributed by atoms with Crippen LogP contribution < -0.4 is 9.47 Å². The molecule has 1 N–H and O–H groups in total. The summed E-state index contributed by atoms with van der Waals surface area (Å²) in [5, 5.41) is 10.0. The number of fused-ring (bicyclic) bond motifs is 1. The molecule has 0 saturated carbocycles. The molecule has 0 spiro atoms. The molecule has 0 amide bonds. The summed E-state index contributed by atoms with van der Waals surface area (Å²) >= 11 is 1.48. The van der Waals surface area contributed by atoms with Crippen LogP contribution in [0.4, 0.5) is 0 Å². The monoisotopic (exact) mass is 369 g/mol. The van der Waals surface area contributed by atoms with Crippen molar-refractivity contribution >= 4 is 39.2 Å². The summed E-state index contributed by atoms with van der Waals surface area (Å²) < 4.78 is 12.1. The molecule has 0 fully saturated rings. The molecule has 0 saturated heterocycles. The van der Waals surface area contributed by atoms with Gasteiger partial charge in [-0.2, -0.15) is 0 Å².